The van der Waals surface area contributed by atoms with Crippen molar-refractivity contribution in [2.75, 3.05) is 6.54 Å². The lowest BCUT2D eigenvalue weighted by Crippen LogP contribution is -2.04. The van der Waals surface area contributed by atoms with Gasteiger partial charge in [-0.25, -0.2) is 0 Å². The molecule has 3 heteroatoms. The summed E-state index contributed by atoms with van der Waals surface area (Å²) < 4.78 is 0. The van der Waals surface area contributed by atoms with Crippen LogP contribution in [0.3, 0.4) is 0 Å². The zero-order chi connectivity index (χ0) is 7.68. The molecule has 0 saturated carbocycles. The van der Waals surface area contributed by atoms with Gasteiger partial charge in [0.1, 0.15) is 0 Å². The quantitative estimate of drug-likeness (QED) is 0.538. The maximum Gasteiger partial charge on any atom is 0.0961 e. The lowest BCUT2D eigenvalue weighted by Gasteiger charge is -2.07. The number of thiocarbonyl (C=S) groups is 1. The molecule has 1 aromatic rings. The highest BCUT2D eigenvalue weighted by atomic mass is 32.1. The Morgan fingerprint density at radius 1 is 1.27 bits per heavy atom. The van der Waals surface area contributed by atoms with Crippen LogP contribution in [0, 0.1) is 0 Å². The van der Waals surface area contributed by atoms with Crippen LogP contribution >= 0.6 is 12.2 Å². The van der Waals surface area contributed by atoms with Gasteiger partial charge in [0.15, 0.2) is 0 Å². The van der Waals surface area contributed by atoms with E-state index in [9.17, 15) is 0 Å². The number of hydrogen-bond acceptors (Lipinski definition) is 3. The molecule has 0 unspecified atom stereocenters. The summed E-state index contributed by atoms with van der Waals surface area (Å²) in [6, 6.07) is 7.80. The topological polar surface area (TPSA) is 24.7 Å². The Morgan fingerprint density at radius 2 is 2.09 bits per heavy atom. The van der Waals surface area contributed by atoms with E-state index >= 15 is 0 Å². The Labute approximate surface area is 70.0 Å². The predicted molar refractivity (Wildman–Crippen MR) is 47.5 cm³/mol. The van der Waals surface area contributed by atoms with Gasteiger partial charge in [0, 0.05) is 10.4 Å². The molecular formula is C8H6N2S. The van der Waals surface area contributed by atoms with Gasteiger partial charge in [-0.1, -0.05) is 30.4 Å². The van der Waals surface area contributed by atoms with Crippen LogP contribution in [0.2, 0.25) is 0 Å². The monoisotopic (exact) mass is 162 g/mol. The molecule has 1 heterocycles. The molecule has 1 aliphatic rings. The van der Waals surface area contributed by atoms with Gasteiger partial charge in [-0.3, -0.25) is 0 Å². The van der Waals surface area contributed by atoms with E-state index < -0.39 is 0 Å². The molecule has 1 aliphatic heterocycles. The van der Waals surface area contributed by atoms with Crippen LogP contribution in [-0.4, -0.2) is 11.4 Å². The first-order valence-corrected chi connectivity index (χ1v) is 3.78. The zero-order valence-electron chi connectivity index (χ0n) is 5.82. The molecule has 11 heavy (non-hydrogen) atoms. The second-order valence-corrected chi connectivity index (χ2v) is 2.83. The first kappa shape index (κ1) is 6.61. The lowest BCUT2D eigenvalue weighted by molar-refractivity contribution is 1.08. The van der Waals surface area contributed by atoms with Crippen molar-refractivity contribution >= 4 is 22.8 Å². The van der Waals surface area contributed by atoms with Crippen molar-refractivity contribution in [3.63, 3.8) is 0 Å². The number of benzene rings is 1. The largest absolute Gasteiger partial charge is 0.183 e. The SMILES string of the molecule is S=C1CN=Nc2ccccc21. The van der Waals surface area contributed by atoms with Crippen molar-refractivity contribution in [1.82, 2.24) is 0 Å². The van der Waals surface area contributed by atoms with E-state index in [4.69, 9.17) is 12.2 Å². The minimum absolute atomic E-state index is 0.562. The Morgan fingerprint density at radius 3 is 2.91 bits per heavy atom. The van der Waals surface area contributed by atoms with Gasteiger partial charge >= 0.3 is 0 Å². The molecule has 0 fully saturated rings. The van der Waals surface area contributed by atoms with Crippen LogP contribution < -0.4 is 0 Å². The predicted octanol–water partition coefficient (Wildman–Crippen LogP) is 2.50. The van der Waals surface area contributed by atoms with Crippen molar-refractivity contribution in [2.45, 2.75) is 0 Å². The summed E-state index contributed by atoms with van der Waals surface area (Å²) in [6.45, 7) is 0.562. The highest BCUT2D eigenvalue weighted by Gasteiger charge is 2.09. The molecule has 0 aromatic heterocycles. The number of fused-ring (bicyclic) bond motifs is 1. The Kier molecular flexibility index (Phi) is 1.51. The van der Waals surface area contributed by atoms with Crippen LogP contribution in [0.4, 0.5) is 5.69 Å². The van der Waals surface area contributed by atoms with Crippen molar-refractivity contribution in [3.8, 4) is 0 Å². The molecule has 0 amide bonds. The van der Waals surface area contributed by atoms with E-state index in [-0.39, 0.29) is 0 Å². The summed E-state index contributed by atoms with van der Waals surface area (Å²) in [7, 11) is 0. The van der Waals surface area contributed by atoms with Crippen LogP contribution in [0.1, 0.15) is 5.56 Å². The van der Waals surface area contributed by atoms with Gasteiger partial charge in [-0.2, -0.15) is 10.2 Å². The maximum atomic E-state index is 5.11. The third-order valence-corrected chi connectivity index (χ3v) is 1.95. The highest BCUT2D eigenvalue weighted by Crippen LogP contribution is 2.23. The summed E-state index contributed by atoms with van der Waals surface area (Å²) in [5, 5.41) is 7.86. The first-order valence-electron chi connectivity index (χ1n) is 3.37. The first-order chi connectivity index (χ1) is 5.38. The summed E-state index contributed by atoms with van der Waals surface area (Å²) >= 11 is 5.11. The molecular weight excluding hydrogens is 156 g/mol. The summed E-state index contributed by atoms with van der Waals surface area (Å²) in [4.78, 5) is 0.885. The van der Waals surface area contributed by atoms with E-state index in [1.807, 2.05) is 24.3 Å². The van der Waals surface area contributed by atoms with Gasteiger partial charge in [-0.15, -0.1) is 0 Å². The minimum atomic E-state index is 0.562. The number of hydrogen-bond donors (Lipinski definition) is 0. The summed E-state index contributed by atoms with van der Waals surface area (Å²) in [6.07, 6.45) is 0. The van der Waals surface area contributed by atoms with E-state index in [2.05, 4.69) is 10.2 Å². The molecule has 1 aromatic carbocycles. The lowest BCUT2D eigenvalue weighted by atomic mass is 10.1. The zero-order valence-corrected chi connectivity index (χ0v) is 6.64. The molecule has 2 nitrogen and oxygen atoms in total. The van der Waals surface area contributed by atoms with Gasteiger partial charge in [-0.05, 0) is 6.07 Å². The third-order valence-electron chi connectivity index (χ3n) is 1.60. The Hall–Kier alpha value is -1.09. The van der Waals surface area contributed by atoms with Crippen molar-refractivity contribution in [2.24, 2.45) is 10.2 Å². The van der Waals surface area contributed by atoms with E-state index in [0.29, 0.717) is 6.54 Å². The average molecular weight is 162 g/mol. The van der Waals surface area contributed by atoms with E-state index in [0.717, 1.165) is 16.1 Å². The molecule has 2 rings (SSSR count). The number of nitrogens with zero attached hydrogens (tertiary/aromatic N) is 2. The van der Waals surface area contributed by atoms with Crippen molar-refractivity contribution in [1.29, 1.82) is 0 Å². The van der Waals surface area contributed by atoms with Gasteiger partial charge in [0.05, 0.1) is 12.2 Å². The highest BCUT2D eigenvalue weighted by molar-refractivity contribution is 7.81. The maximum absolute atomic E-state index is 5.11. The molecule has 0 aliphatic carbocycles. The van der Waals surface area contributed by atoms with Gasteiger partial charge in [0.25, 0.3) is 0 Å². The Balaban J connectivity index is 2.63. The average Bonchev–Trinajstić information content (AvgIpc) is 2.06. The van der Waals surface area contributed by atoms with Crippen molar-refractivity contribution in [3.05, 3.63) is 29.8 Å². The number of rotatable bonds is 0. The van der Waals surface area contributed by atoms with Gasteiger partial charge < -0.3 is 0 Å². The third kappa shape index (κ3) is 1.07. The molecule has 0 spiro atoms. The molecule has 0 N–H and O–H groups in total. The van der Waals surface area contributed by atoms with Crippen molar-refractivity contribution < 1.29 is 0 Å². The molecule has 0 atom stereocenters. The standard InChI is InChI=1S/C8H6N2S/c11-8-5-9-10-7-4-2-1-3-6(7)8/h1-4H,5H2. The fraction of sp³-hybridized carbons (Fsp3) is 0.125. The second kappa shape index (κ2) is 2.51. The van der Waals surface area contributed by atoms with E-state index in [1.165, 1.54) is 0 Å². The second-order valence-electron chi connectivity index (χ2n) is 2.34. The van der Waals surface area contributed by atoms with Gasteiger partial charge in [0.2, 0.25) is 0 Å². The van der Waals surface area contributed by atoms with Crippen LogP contribution in [0.5, 0.6) is 0 Å². The molecule has 54 valence electrons. The Bertz CT molecular complexity index is 331. The summed E-state index contributed by atoms with van der Waals surface area (Å²) in [5.41, 5.74) is 1.95. The van der Waals surface area contributed by atoms with Crippen LogP contribution in [-0.2, 0) is 0 Å². The van der Waals surface area contributed by atoms with E-state index in [1.54, 1.807) is 0 Å². The number of azo groups is 1. The normalized spacial score (nSPS) is 14.7. The fourth-order valence-corrected chi connectivity index (χ4v) is 1.29. The molecule has 0 radical (unpaired) electrons. The summed E-state index contributed by atoms with van der Waals surface area (Å²) in [5.74, 6) is 0. The van der Waals surface area contributed by atoms with Crippen LogP contribution in [0.15, 0.2) is 34.5 Å². The minimum Gasteiger partial charge on any atom is -0.183 e. The fourth-order valence-electron chi connectivity index (χ4n) is 1.06. The smallest absolute Gasteiger partial charge is 0.0961 e. The molecule has 0 bridgehead atoms. The van der Waals surface area contributed by atoms with Crippen LogP contribution in [0.25, 0.3) is 0 Å². The molecule has 0 saturated heterocycles.